The molecule has 0 saturated heterocycles. The molecule has 1 atom stereocenters. The minimum atomic E-state index is -0.348. The smallest absolute Gasteiger partial charge is 0.221 e. The number of nitrogens with one attached hydrogen (secondary N) is 2. The van der Waals surface area contributed by atoms with E-state index in [4.69, 9.17) is 11.6 Å². The van der Waals surface area contributed by atoms with Crippen molar-refractivity contribution in [2.75, 3.05) is 6.54 Å². The molecule has 3 nitrogen and oxygen atoms in total. The molecule has 0 spiro atoms. The zero-order valence-corrected chi connectivity index (χ0v) is 12.1. The highest BCUT2D eigenvalue weighted by atomic mass is 35.5. The summed E-state index contributed by atoms with van der Waals surface area (Å²) in [6.45, 7) is 5.04. The summed E-state index contributed by atoms with van der Waals surface area (Å²) in [6, 6.07) is 4.61. The van der Waals surface area contributed by atoms with E-state index in [0.29, 0.717) is 24.5 Å². The summed E-state index contributed by atoms with van der Waals surface area (Å²) in [5.41, 5.74) is 0.771. The average Bonchev–Trinajstić information content (AvgIpc) is 2.33. The van der Waals surface area contributed by atoms with Crippen molar-refractivity contribution in [3.8, 4) is 0 Å². The fraction of sp³-hybridized carbons (Fsp3) is 0.500. The van der Waals surface area contributed by atoms with Gasteiger partial charge in [0.2, 0.25) is 5.91 Å². The zero-order chi connectivity index (χ0) is 14.3. The van der Waals surface area contributed by atoms with Gasteiger partial charge in [-0.25, -0.2) is 4.39 Å². The lowest BCUT2D eigenvalue weighted by atomic mass is 10.2. The van der Waals surface area contributed by atoms with Crippen molar-refractivity contribution in [1.29, 1.82) is 0 Å². The van der Waals surface area contributed by atoms with Crippen LogP contribution in [0.5, 0.6) is 0 Å². The van der Waals surface area contributed by atoms with E-state index >= 15 is 0 Å². The van der Waals surface area contributed by atoms with E-state index < -0.39 is 0 Å². The number of carbonyl (C=O) groups excluding carboxylic acids is 1. The third-order valence-electron chi connectivity index (χ3n) is 2.80. The van der Waals surface area contributed by atoms with Crippen molar-refractivity contribution in [2.45, 2.75) is 39.3 Å². The van der Waals surface area contributed by atoms with Crippen LogP contribution >= 0.6 is 11.6 Å². The van der Waals surface area contributed by atoms with Crippen LogP contribution in [-0.2, 0) is 11.3 Å². The maximum absolute atomic E-state index is 13.1. The molecule has 5 heteroatoms. The Morgan fingerprint density at radius 3 is 2.79 bits per heavy atom. The van der Waals surface area contributed by atoms with E-state index in [9.17, 15) is 9.18 Å². The van der Waals surface area contributed by atoms with Gasteiger partial charge in [-0.05, 0) is 37.1 Å². The van der Waals surface area contributed by atoms with E-state index in [1.165, 1.54) is 12.1 Å². The van der Waals surface area contributed by atoms with E-state index in [1.807, 2.05) is 13.8 Å². The van der Waals surface area contributed by atoms with Gasteiger partial charge >= 0.3 is 0 Å². The van der Waals surface area contributed by atoms with Crippen LogP contribution in [0.25, 0.3) is 0 Å². The van der Waals surface area contributed by atoms with Crippen molar-refractivity contribution in [3.05, 3.63) is 34.6 Å². The first-order valence-electron chi connectivity index (χ1n) is 6.46. The molecule has 0 aliphatic heterocycles. The van der Waals surface area contributed by atoms with Gasteiger partial charge in [0.25, 0.3) is 0 Å². The first-order chi connectivity index (χ1) is 9.01. The highest BCUT2D eigenvalue weighted by Gasteiger charge is 2.05. The van der Waals surface area contributed by atoms with Gasteiger partial charge in [-0.1, -0.05) is 18.5 Å². The highest BCUT2D eigenvalue weighted by Crippen LogP contribution is 2.13. The number of halogens is 2. The lowest BCUT2D eigenvalue weighted by Crippen LogP contribution is -2.33. The van der Waals surface area contributed by atoms with Gasteiger partial charge < -0.3 is 10.6 Å². The first kappa shape index (κ1) is 15.9. The minimum Gasteiger partial charge on any atom is -0.354 e. The Balaban J connectivity index is 2.25. The molecule has 1 aromatic rings. The van der Waals surface area contributed by atoms with E-state index in [0.717, 1.165) is 12.0 Å². The summed E-state index contributed by atoms with van der Waals surface area (Å²) in [5.74, 6) is -0.321. The van der Waals surface area contributed by atoms with Gasteiger partial charge in [-0.3, -0.25) is 4.79 Å². The van der Waals surface area contributed by atoms with Crippen molar-refractivity contribution in [3.63, 3.8) is 0 Å². The largest absolute Gasteiger partial charge is 0.354 e. The van der Waals surface area contributed by atoms with Crippen molar-refractivity contribution >= 4 is 17.5 Å². The molecule has 0 radical (unpaired) electrons. The van der Waals surface area contributed by atoms with Crippen molar-refractivity contribution in [2.24, 2.45) is 0 Å². The predicted octanol–water partition coefficient (Wildman–Crippen LogP) is 2.87. The number of benzene rings is 1. The number of hydrogen-bond donors (Lipinski definition) is 2. The number of hydrogen-bond acceptors (Lipinski definition) is 2. The Bertz CT molecular complexity index is 406. The average molecular weight is 287 g/mol. The summed E-state index contributed by atoms with van der Waals surface area (Å²) in [4.78, 5) is 11.5. The van der Waals surface area contributed by atoms with Crippen molar-refractivity contribution in [1.82, 2.24) is 10.6 Å². The van der Waals surface area contributed by atoms with Crippen LogP contribution in [0.2, 0.25) is 5.02 Å². The van der Waals surface area contributed by atoms with Crippen LogP contribution in [0, 0.1) is 5.82 Å². The predicted molar refractivity (Wildman–Crippen MR) is 75.6 cm³/mol. The molecule has 0 aromatic heterocycles. The lowest BCUT2D eigenvalue weighted by Gasteiger charge is -2.11. The van der Waals surface area contributed by atoms with Crippen LogP contribution in [0.15, 0.2) is 18.2 Å². The second-order valence-electron chi connectivity index (χ2n) is 4.58. The van der Waals surface area contributed by atoms with Gasteiger partial charge in [0.15, 0.2) is 0 Å². The molecule has 1 amide bonds. The molecule has 1 rings (SSSR count). The second kappa shape index (κ2) is 8.12. The topological polar surface area (TPSA) is 41.1 Å². The van der Waals surface area contributed by atoms with Crippen LogP contribution in [-0.4, -0.2) is 18.5 Å². The molecule has 19 heavy (non-hydrogen) atoms. The summed E-state index contributed by atoms with van der Waals surface area (Å²) in [7, 11) is 0. The maximum atomic E-state index is 13.1. The molecule has 1 aromatic carbocycles. The summed E-state index contributed by atoms with van der Waals surface area (Å²) < 4.78 is 13.1. The Labute approximate surface area is 118 Å². The van der Waals surface area contributed by atoms with Crippen LogP contribution < -0.4 is 10.6 Å². The number of carbonyl (C=O) groups is 1. The quantitative estimate of drug-likeness (QED) is 0.757. The molecule has 2 N–H and O–H groups in total. The molecule has 0 bridgehead atoms. The first-order valence-corrected chi connectivity index (χ1v) is 6.84. The fourth-order valence-electron chi connectivity index (χ4n) is 1.60. The molecular weight excluding hydrogens is 267 g/mol. The normalized spacial score (nSPS) is 12.2. The van der Waals surface area contributed by atoms with Gasteiger partial charge in [-0.2, -0.15) is 0 Å². The Morgan fingerprint density at radius 2 is 2.16 bits per heavy atom. The Kier molecular flexibility index (Phi) is 6.81. The monoisotopic (exact) mass is 286 g/mol. The van der Waals surface area contributed by atoms with Crippen LogP contribution in [0.4, 0.5) is 4.39 Å². The maximum Gasteiger partial charge on any atom is 0.221 e. The Morgan fingerprint density at radius 1 is 1.42 bits per heavy atom. The Hall–Kier alpha value is -1.13. The van der Waals surface area contributed by atoms with Gasteiger partial charge in [0, 0.05) is 30.6 Å². The van der Waals surface area contributed by atoms with Gasteiger partial charge in [-0.15, -0.1) is 0 Å². The zero-order valence-electron chi connectivity index (χ0n) is 11.3. The van der Waals surface area contributed by atoms with Crippen molar-refractivity contribution < 1.29 is 9.18 Å². The molecule has 0 heterocycles. The lowest BCUT2D eigenvalue weighted by molar-refractivity contribution is -0.121. The summed E-state index contributed by atoms with van der Waals surface area (Å²) >= 11 is 5.75. The second-order valence-corrected chi connectivity index (χ2v) is 5.02. The van der Waals surface area contributed by atoms with E-state index in [1.54, 1.807) is 6.07 Å². The van der Waals surface area contributed by atoms with Crippen LogP contribution in [0.3, 0.4) is 0 Å². The van der Waals surface area contributed by atoms with Crippen LogP contribution in [0.1, 0.15) is 32.3 Å². The number of amides is 1. The van der Waals surface area contributed by atoms with E-state index in [2.05, 4.69) is 10.6 Å². The molecule has 0 fully saturated rings. The molecule has 0 aliphatic rings. The molecule has 106 valence electrons. The third-order valence-corrected chi connectivity index (χ3v) is 3.02. The molecule has 0 saturated carbocycles. The van der Waals surface area contributed by atoms with Gasteiger partial charge in [0.05, 0.1) is 0 Å². The van der Waals surface area contributed by atoms with Gasteiger partial charge in [0.1, 0.15) is 5.82 Å². The molecule has 1 unspecified atom stereocenters. The number of rotatable bonds is 7. The SMILES string of the molecule is CCC(C)NC(=O)CCNCc1cc(F)cc(Cl)c1. The summed E-state index contributed by atoms with van der Waals surface area (Å²) in [6.07, 6.45) is 1.33. The molecule has 0 aliphatic carbocycles. The van der Waals surface area contributed by atoms with E-state index in [-0.39, 0.29) is 17.8 Å². The minimum absolute atomic E-state index is 0.0270. The highest BCUT2D eigenvalue weighted by molar-refractivity contribution is 6.30. The summed E-state index contributed by atoms with van der Waals surface area (Å²) in [5, 5.41) is 6.36. The standard InChI is InChI=1S/C14H20ClFN2O/c1-3-10(2)18-14(19)4-5-17-9-11-6-12(15)8-13(16)7-11/h6-8,10,17H,3-5,9H2,1-2H3,(H,18,19). The molecular formula is C14H20ClFN2O. The third kappa shape index (κ3) is 6.55. The fourth-order valence-corrected chi connectivity index (χ4v) is 1.84.